The van der Waals surface area contributed by atoms with Crippen molar-refractivity contribution in [2.75, 3.05) is 59.3 Å². The molecule has 1 fully saturated rings. The number of anilines is 1. The summed E-state index contributed by atoms with van der Waals surface area (Å²) in [7, 11) is 7.27. The molecule has 0 spiro atoms. The molecule has 8 heteroatoms. The molecule has 1 N–H and O–H groups in total. The fraction of sp³-hybridized carbons (Fsp3) is 0.379. The normalized spacial score (nSPS) is 14.8. The molecule has 1 atom stereocenters. The first kappa shape index (κ1) is 26.7. The van der Waals surface area contributed by atoms with Gasteiger partial charge in [0.15, 0.2) is 0 Å². The molecule has 37 heavy (non-hydrogen) atoms. The van der Waals surface area contributed by atoms with Crippen LogP contribution in [0, 0.1) is 6.92 Å². The number of piperazine rings is 1. The Hall–Kier alpha value is -3.36. The lowest BCUT2D eigenvalue weighted by molar-refractivity contribution is 0.0831. The highest BCUT2D eigenvalue weighted by Crippen LogP contribution is 2.35. The van der Waals surface area contributed by atoms with Gasteiger partial charge in [0.1, 0.15) is 5.75 Å². The quantitative estimate of drug-likeness (QED) is 0.490. The number of thiophene rings is 1. The summed E-state index contributed by atoms with van der Waals surface area (Å²) in [4.78, 5) is 32.6. The third-order valence-corrected chi connectivity index (χ3v) is 7.85. The smallest absolute Gasteiger partial charge is 0.263 e. The highest BCUT2D eigenvalue weighted by atomic mass is 32.1. The number of likely N-dealkylation sites (N-methyl/N-ethyl adjacent to an activating group) is 1. The Morgan fingerprint density at radius 3 is 2.46 bits per heavy atom. The number of nitrogens with one attached hydrogen (secondary N) is 1. The van der Waals surface area contributed by atoms with E-state index in [0.29, 0.717) is 10.4 Å². The highest BCUT2D eigenvalue weighted by Gasteiger charge is 2.20. The first-order valence-corrected chi connectivity index (χ1v) is 13.4. The minimum Gasteiger partial charge on any atom is -0.496 e. The fourth-order valence-corrected chi connectivity index (χ4v) is 5.43. The molecular weight excluding hydrogens is 484 g/mol. The Morgan fingerprint density at radius 2 is 1.78 bits per heavy atom. The molecule has 1 aliphatic heterocycles. The number of carbonyl (C=O) groups is 2. The number of amides is 2. The average Bonchev–Trinajstić information content (AvgIpc) is 3.38. The van der Waals surface area contributed by atoms with Crippen molar-refractivity contribution in [1.29, 1.82) is 0 Å². The molecule has 196 valence electrons. The van der Waals surface area contributed by atoms with Crippen LogP contribution in [0.15, 0.2) is 47.8 Å². The van der Waals surface area contributed by atoms with Crippen molar-refractivity contribution in [3.63, 3.8) is 0 Å². The van der Waals surface area contributed by atoms with Gasteiger partial charge < -0.3 is 24.8 Å². The summed E-state index contributed by atoms with van der Waals surface area (Å²) in [6.07, 6.45) is 0. The molecule has 7 nitrogen and oxygen atoms in total. The maximum Gasteiger partial charge on any atom is 0.263 e. The van der Waals surface area contributed by atoms with Gasteiger partial charge in [0.25, 0.3) is 11.8 Å². The molecular formula is C29H36N4O3S. The van der Waals surface area contributed by atoms with Crippen LogP contribution in [0.25, 0.3) is 11.1 Å². The van der Waals surface area contributed by atoms with Gasteiger partial charge in [-0.15, -0.1) is 11.3 Å². The van der Waals surface area contributed by atoms with Gasteiger partial charge in [0.05, 0.1) is 18.0 Å². The molecule has 4 rings (SSSR count). The van der Waals surface area contributed by atoms with Crippen LogP contribution < -0.4 is 15.0 Å². The van der Waals surface area contributed by atoms with E-state index in [0.717, 1.165) is 59.9 Å². The maximum atomic E-state index is 13.4. The zero-order valence-electron chi connectivity index (χ0n) is 22.5. The molecule has 1 unspecified atom stereocenters. The number of methoxy groups -OCH3 is 1. The van der Waals surface area contributed by atoms with Gasteiger partial charge in [0.2, 0.25) is 0 Å². The molecule has 0 aliphatic carbocycles. The van der Waals surface area contributed by atoms with Crippen molar-refractivity contribution in [3.8, 4) is 16.9 Å². The molecule has 1 aliphatic rings. The van der Waals surface area contributed by atoms with E-state index in [1.807, 2.05) is 55.6 Å². The summed E-state index contributed by atoms with van der Waals surface area (Å²) in [5.41, 5.74) is 5.51. The Morgan fingerprint density at radius 1 is 1.05 bits per heavy atom. The lowest BCUT2D eigenvalue weighted by Gasteiger charge is -2.34. The first-order valence-electron chi connectivity index (χ1n) is 12.5. The second kappa shape index (κ2) is 11.4. The molecule has 0 radical (unpaired) electrons. The summed E-state index contributed by atoms with van der Waals surface area (Å²) in [6.45, 7) is 7.90. The number of aryl methyl sites for hydroxylation is 1. The number of benzene rings is 2. The number of rotatable bonds is 7. The fourth-order valence-electron chi connectivity index (χ4n) is 4.50. The van der Waals surface area contributed by atoms with Gasteiger partial charge in [-0.1, -0.05) is 12.1 Å². The van der Waals surface area contributed by atoms with E-state index >= 15 is 0 Å². The van der Waals surface area contributed by atoms with E-state index in [1.54, 1.807) is 26.1 Å². The van der Waals surface area contributed by atoms with Crippen LogP contribution in [-0.4, -0.2) is 76.0 Å². The molecule has 3 aromatic rings. The first-order chi connectivity index (χ1) is 17.7. The minimum atomic E-state index is -0.217. The van der Waals surface area contributed by atoms with E-state index in [9.17, 15) is 9.59 Å². The monoisotopic (exact) mass is 520 g/mol. The van der Waals surface area contributed by atoms with E-state index in [-0.39, 0.29) is 17.9 Å². The highest BCUT2D eigenvalue weighted by molar-refractivity contribution is 7.12. The average molecular weight is 521 g/mol. The van der Waals surface area contributed by atoms with E-state index < -0.39 is 0 Å². The van der Waals surface area contributed by atoms with Gasteiger partial charge in [-0.05, 0) is 73.3 Å². The molecule has 1 aromatic heterocycles. The van der Waals surface area contributed by atoms with Crippen LogP contribution in [0.2, 0.25) is 0 Å². The van der Waals surface area contributed by atoms with Crippen molar-refractivity contribution in [2.45, 2.75) is 19.9 Å². The summed E-state index contributed by atoms with van der Waals surface area (Å²) in [5, 5.41) is 5.15. The third-order valence-electron chi connectivity index (χ3n) is 6.93. The molecule has 2 heterocycles. The van der Waals surface area contributed by atoms with Crippen LogP contribution in [0.4, 0.5) is 5.69 Å². The van der Waals surface area contributed by atoms with Crippen LogP contribution in [-0.2, 0) is 0 Å². The lowest BCUT2D eigenvalue weighted by Crippen LogP contribution is -2.44. The summed E-state index contributed by atoms with van der Waals surface area (Å²) in [5.74, 6) is 0.605. The largest absolute Gasteiger partial charge is 0.496 e. The van der Waals surface area contributed by atoms with Crippen molar-refractivity contribution in [3.05, 3.63) is 69.4 Å². The molecule has 1 saturated heterocycles. The van der Waals surface area contributed by atoms with Gasteiger partial charge in [0, 0.05) is 57.1 Å². The minimum absolute atomic E-state index is 0.0267. The number of hydrogen-bond acceptors (Lipinski definition) is 6. The molecule has 0 bridgehead atoms. The van der Waals surface area contributed by atoms with E-state index in [1.165, 1.54) is 11.3 Å². The number of hydrogen-bond donors (Lipinski definition) is 1. The number of nitrogens with zero attached hydrogens (tertiary/aromatic N) is 3. The molecule has 2 aromatic carbocycles. The van der Waals surface area contributed by atoms with Crippen LogP contribution in [0.1, 0.15) is 44.1 Å². The van der Waals surface area contributed by atoms with E-state index in [2.05, 4.69) is 28.2 Å². The predicted octanol–water partition coefficient (Wildman–Crippen LogP) is 4.68. The van der Waals surface area contributed by atoms with Crippen molar-refractivity contribution in [1.82, 2.24) is 15.1 Å². The SMILES string of the molecule is COc1ccc(C(C)NC(=O)c2cc(N3CCN(C)CC3)ccc2C)cc1-c1csc(C(=O)N(C)C)c1. The van der Waals surface area contributed by atoms with Gasteiger partial charge >= 0.3 is 0 Å². The maximum absolute atomic E-state index is 13.4. The molecule has 0 saturated carbocycles. The zero-order valence-corrected chi connectivity index (χ0v) is 23.3. The van der Waals surface area contributed by atoms with Crippen molar-refractivity contribution < 1.29 is 14.3 Å². The third kappa shape index (κ3) is 5.97. The topological polar surface area (TPSA) is 65.1 Å². The Labute approximate surface area is 223 Å². The Balaban J connectivity index is 1.54. The van der Waals surface area contributed by atoms with Crippen molar-refractivity contribution >= 4 is 28.8 Å². The Bertz CT molecular complexity index is 1280. The van der Waals surface area contributed by atoms with Gasteiger partial charge in [-0.3, -0.25) is 9.59 Å². The second-order valence-electron chi connectivity index (χ2n) is 9.84. The summed E-state index contributed by atoms with van der Waals surface area (Å²) < 4.78 is 5.61. The van der Waals surface area contributed by atoms with Crippen LogP contribution >= 0.6 is 11.3 Å². The van der Waals surface area contributed by atoms with Crippen LogP contribution in [0.3, 0.4) is 0 Å². The number of carbonyl (C=O) groups excluding carboxylic acids is 2. The van der Waals surface area contributed by atoms with Crippen molar-refractivity contribution in [2.24, 2.45) is 0 Å². The molecule has 2 amide bonds. The standard InChI is InChI=1S/C29H36N4O3S/c1-19-7-9-23(33-13-11-32(5)12-14-33)17-24(19)28(34)30-20(2)21-8-10-26(36-6)25(15-21)22-16-27(37-18-22)29(35)31(3)4/h7-10,15-18,20H,11-14H2,1-6H3,(H,30,34). The van der Waals surface area contributed by atoms with Gasteiger partial charge in [-0.25, -0.2) is 0 Å². The zero-order chi connectivity index (χ0) is 26.7. The Kier molecular flexibility index (Phi) is 8.19. The lowest BCUT2D eigenvalue weighted by atomic mass is 9.99. The second-order valence-corrected chi connectivity index (χ2v) is 10.8. The summed E-state index contributed by atoms with van der Waals surface area (Å²) >= 11 is 1.41. The van der Waals surface area contributed by atoms with Crippen LogP contribution in [0.5, 0.6) is 5.75 Å². The predicted molar refractivity (Wildman–Crippen MR) is 151 cm³/mol. The summed E-state index contributed by atoms with van der Waals surface area (Å²) in [6, 6.07) is 13.7. The number of ether oxygens (including phenoxy) is 1. The van der Waals surface area contributed by atoms with Gasteiger partial charge in [-0.2, -0.15) is 0 Å². The van der Waals surface area contributed by atoms with E-state index in [4.69, 9.17) is 4.74 Å².